The van der Waals surface area contributed by atoms with Crippen LogP contribution in [-0.2, 0) is 5.41 Å². The van der Waals surface area contributed by atoms with E-state index < -0.39 is 0 Å². The molecule has 0 radical (unpaired) electrons. The topological polar surface area (TPSA) is 76.7 Å². The highest BCUT2D eigenvalue weighted by Crippen LogP contribution is 2.23. The van der Waals surface area contributed by atoms with E-state index in [1.807, 2.05) is 0 Å². The number of unbranched alkanes of at least 4 members (excludes halogenated alkanes) is 7. The minimum absolute atomic E-state index is 0.0874. The van der Waals surface area contributed by atoms with E-state index in [9.17, 15) is 0 Å². The van der Waals surface area contributed by atoms with Gasteiger partial charge in [-0.2, -0.15) is 9.97 Å². The maximum Gasteiger partial charge on any atom is 0.227 e. The molecule has 0 spiro atoms. The van der Waals surface area contributed by atoms with Crippen LogP contribution in [-0.4, -0.2) is 33.8 Å². The third kappa shape index (κ3) is 10.00. The summed E-state index contributed by atoms with van der Waals surface area (Å²) in [6, 6.07) is 0. The first-order chi connectivity index (χ1) is 12.0. The molecular formula is C19H37N5S. The van der Waals surface area contributed by atoms with Crippen LogP contribution in [0.5, 0.6) is 0 Å². The fraction of sp³-hybridized carbons (Fsp3) is 0.842. The third-order valence-corrected chi connectivity index (χ3v) is 4.88. The van der Waals surface area contributed by atoms with E-state index in [2.05, 4.69) is 48.0 Å². The van der Waals surface area contributed by atoms with Crippen molar-refractivity contribution in [2.24, 2.45) is 5.73 Å². The molecule has 1 aromatic rings. The lowest BCUT2D eigenvalue weighted by Crippen LogP contribution is -2.21. The van der Waals surface area contributed by atoms with E-state index >= 15 is 0 Å². The molecule has 0 bridgehead atoms. The Morgan fingerprint density at radius 1 is 0.920 bits per heavy atom. The van der Waals surface area contributed by atoms with Gasteiger partial charge >= 0.3 is 0 Å². The highest BCUT2D eigenvalue weighted by atomic mass is 32.2. The minimum atomic E-state index is -0.0874. The van der Waals surface area contributed by atoms with Crippen molar-refractivity contribution in [3.8, 4) is 0 Å². The predicted molar refractivity (Wildman–Crippen MR) is 109 cm³/mol. The van der Waals surface area contributed by atoms with Gasteiger partial charge in [-0.1, -0.05) is 84.4 Å². The molecule has 0 aliphatic rings. The number of rotatable bonds is 13. The predicted octanol–water partition coefficient (Wildman–Crippen LogP) is 4.77. The number of nitrogens with zero attached hydrogens (tertiary/aromatic N) is 3. The number of nitrogens with two attached hydrogens (primary N) is 1. The fourth-order valence-corrected chi connectivity index (χ4v) is 3.25. The highest BCUT2D eigenvalue weighted by molar-refractivity contribution is 7.99. The van der Waals surface area contributed by atoms with E-state index in [-0.39, 0.29) is 5.41 Å². The number of hydrogen-bond acceptors (Lipinski definition) is 6. The van der Waals surface area contributed by atoms with Gasteiger partial charge in [-0.3, -0.25) is 0 Å². The monoisotopic (exact) mass is 367 g/mol. The molecule has 0 aliphatic heterocycles. The Morgan fingerprint density at radius 3 is 2.16 bits per heavy atom. The lowest BCUT2D eigenvalue weighted by molar-refractivity contribution is 0.532. The van der Waals surface area contributed by atoms with Gasteiger partial charge in [0, 0.05) is 24.3 Å². The van der Waals surface area contributed by atoms with E-state index in [1.165, 1.54) is 51.4 Å². The zero-order chi connectivity index (χ0) is 18.5. The summed E-state index contributed by atoms with van der Waals surface area (Å²) in [5.41, 5.74) is 5.48. The molecular weight excluding hydrogens is 330 g/mol. The van der Waals surface area contributed by atoms with E-state index in [0.717, 1.165) is 16.7 Å². The molecule has 0 saturated heterocycles. The summed E-state index contributed by atoms with van der Waals surface area (Å²) in [6.45, 7) is 9.89. The average Bonchev–Trinajstić information content (AvgIpc) is 2.57. The van der Waals surface area contributed by atoms with Gasteiger partial charge in [-0.25, -0.2) is 4.98 Å². The smallest absolute Gasteiger partial charge is 0.227 e. The van der Waals surface area contributed by atoms with E-state index in [1.54, 1.807) is 11.8 Å². The summed E-state index contributed by atoms with van der Waals surface area (Å²) < 4.78 is 0. The van der Waals surface area contributed by atoms with E-state index in [0.29, 0.717) is 19.0 Å². The first kappa shape index (κ1) is 22.2. The average molecular weight is 368 g/mol. The SMILES string of the molecule is CCCCCCCCCCSc1nc(NCCN)nc(C(C)(C)C)n1. The zero-order valence-electron chi connectivity index (χ0n) is 16.6. The van der Waals surface area contributed by atoms with Gasteiger partial charge in [-0.15, -0.1) is 0 Å². The molecule has 0 atom stereocenters. The van der Waals surface area contributed by atoms with Crippen LogP contribution < -0.4 is 11.1 Å². The lowest BCUT2D eigenvalue weighted by Gasteiger charge is -2.18. The first-order valence-electron chi connectivity index (χ1n) is 9.80. The van der Waals surface area contributed by atoms with Crippen LogP contribution in [0.4, 0.5) is 5.95 Å². The van der Waals surface area contributed by atoms with Crippen LogP contribution in [0.25, 0.3) is 0 Å². The number of hydrogen-bond donors (Lipinski definition) is 2. The maximum atomic E-state index is 5.56. The molecule has 0 amide bonds. The van der Waals surface area contributed by atoms with Crippen LogP contribution in [0.15, 0.2) is 5.16 Å². The van der Waals surface area contributed by atoms with E-state index in [4.69, 9.17) is 5.73 Å². The normalized spacial score (nSPS) is 11.7. The van der Waals surface area contributed by atoms with Crippen LogP contribution in [0.1, 0.15) is 84.9 Å². The van der Waals surface area contributed by atoms with Gasteiger partial charge in [0.25, 0.3) is 0 Å². The molecule has 5 nitrogen and oxygen atoms in total. The molecule has 6 heteroatoms. The Balaban J connectivity index is 2.41. The van der Waals surface area contributed by atoms with Crippen molar-refractivity contribution < 1.29 is 0 Å². The second-order valence-electron chi connectivity index (χ2n) is 7.55. The summed E-state index contributed by atoms with van der Waals surface area (Å²) in [5.74, 6) is 2.54. The maximum absolute atomic E-state index is 5.56. The summed E-state index contributed by atoms with van der Waals surface area (Å²) in [4.78, 5) is 13.7. The minimum Gasteiger partial charge on any atom is -0.353 e. The van der Waals surface area contributed by atoms with Gasteiger partial charge in [-0.05, 0) is 6.42 Å². The van der Waals surface area contributed by atoms with Crippen molar-refractivity contribution in [3.63, 3.8) is 0 Å². The molecule has 1 rings (SSSR count). The second kappa shape index (κ2) is 12.5. The first-order valence-corrected chi connectivity index (χ1v) is 10.8. The molecule has 0 aromatic carbocycles. The summed E-state index contributed by atoms with van der Waals surface area (Å²) in [7, 11) is 0. The van der Waals surface area contributed by atoms with Crippen molar-refractivity contribution in [3.05, 3.63) is 5.82 Å². The van der Waals surface area contributed by atoms with Crippen molar-refractivity contribution in [2.45, 2.75) is 89.6 Å². The number of nitrogens with one attached hydrogen (secondary N) is 1. The molecule has 144 valence electrons. The summed E-state index contributed by atoms with van der Waals surface area (Å²) in [5, 5.41) is 4.00. The molecule has 0 aliphatic carbocycles. The standard InChI is InChI=1S/C19H37N5S/c1-5-6-7-8-9-10-11-12-15-25-18-23-16(19(2,3)4)22-17(24-18)21-14-13-20/h5-15,20H2,1-4H3,(H,21,22,23,24). The van der Waals surface area contributed by atoms with Crippen molar-refractivity contribution in [1.82, 2.24) is 15.0 Å². The largest absolute Gasteiger partial charge is 0.353 e. The Labute approximate surface area is 158 Å². The second-order valence-corrected chi connectivity index (χ2v) is 8.62. The molecule has 0 saturated carbocycles. The van der Waals surface area contributed by atoms with Crippen molar-refractivity contribution in [2.75, 3.05) is 24.2 Å². The van der Waals surface area contributed by atoms with Crippen molar-refractivity contribution >= 4 is 17.7 Å². The third-order valence-electron chi connectivity index (χ3n) is 3.94. The molecule has 25 heavy (non-hydrogen) atoms. The van der Waals surface area contributed by atoms with Crippen LogP contribution in [0.3, 0.4) is 0 Å². The summed E-state index contributed by atoms with van der Waals surface area (Å²) >= 11 is 1.74. The molecule has 1 aromatic heterocycles. The quantitative estimate of drug-likeness (QED) is 0.386. The fourth-order valence-electron chi connectivity index (χ4n) is 2.42. The van der Waals surface area contributed by atoms with Gasteiger partial charge in [0.05, 0.1) is 0 Å². The number of anilines is 1. The highest BCUT2D eigenvalue weighted by Gasteiger charge is 2.20. The molecule has 1 heterocycles. The van der Waals surface area contributed by atoms with Crippen LogP contribution >= 0.6 is 11.8 Å². The van der Waals surface area contributed by atoms with Crippen LogP contribution in [0, 0.1) is 0 Å². The molecule has 0 unspecified atom stereocenters. The summed E-state index contributed by atoms with van der Waals surface area (Å²) in [6.07, 6.45) is 10.7. The lowest BCUT2D eigenvalue weighted by atomic mass is 9.96. The number of aromatic nitrogens is 3. The van der Waals surface area contributed by atoms with Crippen molar-refractivity contribution in [1.29, 1.82) is 0 Å². The van der Waals surface area contributed by atoms with Gasteiger partial charge in [0.1, 0.15) is 5.82 Å². The number of thioether (sulfide) groups is 1. The Morgan fingerprint density at radius 2 is 1.56 bits per heavy atom. The zero-order valence-corrected chi connectivity index (χ0v) is 17.4. The Hall–Kier alpha value is -0.880. The molecule has 3 N–H and O–H groups in total. The van der Waals surface area contributed by atoms with Crippen LogP contribution in [0.2, 0.25) is 0 Å². The van der Waals surface area contributed by atoms with Gasteiger partial charge in [0.15, 0.2) is 5.16 Å². The van der Waals surface area contributed by atoms with Gasteiger partial charge < -0.3 is 11.1 Å². The Kier molecular flexibility index (Phi) is 11.1. The molecule has 0 fully saturated rings. The van der Waals surface area contributed by atoms with Gasteiger partial charge in [0.2, 0.25) is 5.95 Å². The Bertz CT molecular complexity index is 473.